The molecule has 1 aliphatic rings. The zero-order valence-electron chi connectivity index (χ0n) is 16.8. The fourth-order valence-corrected chi connectivity index (χ4v) is 4.22. The van der Waals surface area contributed by atoms with Gasteiger partial charge in [-0.2, -0.15) is 0 Å². The summed E-state index contributed by atoms with van der Waals surface area (Å²) in [4.78, 5) is 37.6. The molecule has 9 nitrogen and oxygen atoms in total. The fraction of sp³-hybridized carbons (Fsp3) is 0.286. The maximum Gasteiger partial charge on any atom is 0.410 e. The van der Waals surface area contributed by atoms with Crippen LogP contribution in [0.25, 0.3) is 0 Å². The molecule has 1 N–H and O–H groups in total. The average Bonchev–Trinajstić information content (AvgIpc) is 3.28. The monoisotopic (exact) mass is 446 g/mol. The van der Waals surface area contributed by atoms with E-state index < -0.39 is 34.0 Å². The lowest BCUT2D eigenvalue weighted by molar-refractivity contribution is -0.123. The van der Waals surface area contributed by atoms with Gasteiger partial charge in [-0.15, -0.1) is 0 Å². The molecule has 10 heteroatoms. The highest BCUT2D eigenvalue weighted by atomic mass is 32.2. The molecule has 0 aliphatic carbocycles. The van der Waals surface area contributed by atoms with Gasteiger partial charge in [0.1, 0.15) is 12.6 Å². The van der Waals surface area contributed by atoms with Crippen molar-refractivity contribution >= 4 is 28.0 Å². The van der Waals surface area contributed by atoms with Gasteiger partial charge in [0.2, 0.25) is 0 Å². The van der Waals surface area contributed by atoms with Crippen molar-refractivity contribution < 1.29 is 32.3 Å². The molecule has 3 rings (SSSR count). The lowest BCUT2D eigenvalue weighted by atomic mass is 10.2. The Balaban J connectivity index is 1.64. The van der Waals surface area contributed by atoms with Gasteiger partial charge in [-0.25, -0.2) is 22.7 Å². The normalized spacial score (nSPS) is 15.9. The molecule has 1 heterocycles. The second kappa shape index (κ2) is 9.61. The Kier molecular flexibility index (Phi) is 6.91. The van der Waals surface area contributed by atoms with E-state index in [-0.39, 0.29) is 17.1 Å². The van der Waals surface area contributed by atoms with E-state index >= 15 is 0 Å². The number of benzene rings is 2. The van der Waals surface area contributed by atoms with Crippen molar-refractivity contribution in [2.24, 2.45) is 0 Å². The number of nitrogens with one attached hydrogen (secondary N) is 1. The molecule has 1 unspecified atom stereocenters. The van der Waals surface area contributed by atoms with Crippen molar-refractivity contribution in [3.05, 3.63) is 65.7 Å². The third-order valence-electron chi connectivity index (χ3n) is 4.82. The Morgan fingerprint density at radius 1 is 1.06 bits per heavy atom. The van der Waals surface area contributed by atoms with Crippen LogP contribution >= 0.6 is 0 Å². The van der Waals surface area contributed by atoms with Gasteiger partial charge in [0, 0.05) is 6.54 Å². The number of rotatable bonds is 6. The summed E-state index contributed by atoms with van der Waals surface area (Å²) in [6.45, 7) is 0.342. The molecule has 1 aliphatic heterocycles. The molecule has 31 heavy (non-hydrogen) atoms. The van der Waals surface area contributed by atoms with E-state index in [2.05, 4.69) is 4.74 Å². The van der Waals surface area contributed by atoms with Crippen molar-refractivity contribution in [2.45, 2.75) is 30.4 Å². The zero-order valence-corrected chi connectivity index (χ0v) is 17.6. The van der Waals surface area contributed by atoms with Gasteiger partial charge in [0.15, 0.2) is 0 Å². The van der Waals surface area contributed by atoms with Crippen molar-refractivity contribution in [3.63, 3.8) is 0 Å². The Bertz CT molecular complexity index is 1050. The van der Waals surface area contributed by atoms with Gasteiger partial charge in [0.25, 0.3) is 15.9 Å². The number of methoxy groups -OCH3 is 1. The zero-order chi connectivity index (χ0) is 22.4. The maximum absolute atomic E-state index is 12.6. The van der Waals surface area contributed by atoms with Crippen molar-refractivity contribution in [3.8, 4) is 0 Å². The minimum Gasteiger partial charge on any atom is -0.465 e. The Hall–Kier alpha value is -3.40. The molecule has 0 radical (unpaired) electrons. The fourth-order valence-electron chi connectivity index (χ4n) is 3.21. The third kappa shape index (κ3) is 5.40. The number of nitrogens with zero attached hydrogens (tertiary/aromatic N) is 1. The predicted octanol–water partition coefficient (Wildman–Crippen LogP) is 2.08. The van der Waals surface area contributed by atoms with Crippen LogP contribution in [0.4, 0.5) is 4.79 Å². The maximum atomic E-state index is 12.6. The lowest BCUT2D eigenvalue weighted by Gasteiger charge is -2.23. The average molecular weight is 446 g/mol. The van der Waals surface area contributed by atoms with E-state index in [4.69, 9.17) is 4.74 Å². The van der Waals surface area contributed by atoms with Crippen LogP contribution in [0.2, 0.25) is 0 Å². The SMILES string of the molecule is COC(=O)c1ccc(S(=O)(=O)NC(=O)C2CCCN2C(=O)OCc2ccccc2)cc1. The molecular weight excluding hydrogens is 424 g/mol. The Morgan fingerprint density at radius 2 is 1.74 bits per heavy atom. The summed E-state index contributed by atoms with van der Waals surface area (Å²) in [7, 11) is -2.97. The molecule has 2 aromatic rings. The van der Waals surface area contributed by atoms with Crippen molar-refractivity contribution in [2.75, 3.05) is 13.7 Å². The van der Waals surface area contributed by atoms with Gasteiger partial charge < -0.3 is 9.47 Å². The Morgan fingerprint density at radius 3 is 2.39 bits per heavy atom. The second-order valence-corrected chi connectivity index (χ2v) is 8.56. The summed E-state index contributed by atoms with van der Waals surface area (Å²) in [6, 6.07) is 13.1. The highest BCUT2D eigenvalue weighted by Crippen LogP contribution is 2.20. The molecule has 0 saturated carbocycles. The first-order valence-electron chi connectivity index (χ1n) is 9.54. The number of hydrogen-bond acceptors (Lipinski definition) is 7. The Labute approximate surface area is 180 Å². The van der Waals surface area contributed by atoms with Crippen LogP contribution in [0, 0.1) is 0 Å². The van der Waals surface area contributed by atoms with Crippen LogP contribution in [-0.4, -0.2) is 51.0 Å². The first-order valence-corrected chi connectivity index (χ1v) is 11.0. The molecule has 0 aromatic heterocycles. The van der Waals surface area contributed by atoms with Gasteiger partial charge in [-0.1, -0.05) is 30.3 Å². The highest BCUT2D eigenvalue weighted by molar-refractivity contribution is 7.90. The molecule has 0 bridgehead atoms. The van der Waals surface area contributed by atoms with E-state index in [1.165, 1.54) is 36.3 Å². The number of sulfonamides is 1. The van der Waals surface area contributed by atoms with Crippen LogP contribution in [0.15, 0.2) is 59.5 Å². The largest absolute Gasteiger partial charge is 0.465 e. The molecule has 1 fully saturated rings. The number of likely N-dealkylation sites (tertiary alicyclic amines) is 1. The molecule has 164 valence electrons. The summed E-state index contributed by atoms with van der Waals surface area (Å²) in [5.74, 6) is -1.42. The van der Waals surface area contributed by atoms with Crippen LogP contribution < -0.4 is 4.72 Å². The minimum absolute atomic E-state index is 0.0509. The summed E-state index contributed by atoms with van der Waals surface area (Å²) < 4.78 is 36.9. The van der Waals surface area contributed by atoms with Crippen LogP contribution in [0.3, 0.4) is 0 Å². The van der Waals surface area contributed by atoms with Crippen LogP contribution in [0.5, 0.6) is 0 Å². The smallest absolute Gasteiger partial charge is 0.410 e. The number of ether oxygens (including phenoxy) is 2. The number of amides is 2. The van der Waals surface area contributed by atoms with Gasteiger partial charge in [-0.05, 0) is 42.7 Å². The molecular formula is C21H22N2O7S. The van der Waals surface area contributed by atoms with Gasteiger partial charge >= 0.3 is 12.1 Å². The molecule has 0 spiro atoms. The topological polar surface area (TPSA) is 119 Å². The summed E-state index contributed by atoms with van der Waals surface area (Å²) in [6.07, 6.45) is 0.191. The summed E-state index contributed by atoms with van der Waals surface area (Å²) >= 11 is 0. The number of esters is 1. The molecule has 1 atom stereocenters. The molecule has 2 aromatic carbocycles. The van der Waals surface area contributed by atoms with Crippen molar-refractivity contribution in [1.82, 2.24) is 9.62 Å². The molecule has 1 saturated heterocycles. The molecule has 2 amide bonds. The number of carbonyl (C=O) groups is 3. The quantitative estimate of drug-likeness (QED) is 0.675. The van der Waals surface area contributed by atoms with Gasteiger partial charge in [0.05, 0.1) is 17.6 Å². The third-order valence-corrected chi connectivity index (χ3v) is 6.18. The van der Waals surface area contributed by atoms with E-state index in [0.29, 0.717) is 19.4 Å². The number of carbonyl (C=O) groups excluding carboxylic acids is 3. The van der Waals surface area contributed by atoms with Gasteiger partial charge in [-0.3, -0.25) is 9.69 Å². The van der Waals surface area contributed by atoms with Crippen LogP contribution in [0.1, 0.15) is 28.8 Å². The first kappa shape index (κ1) is 22.3. The standard InChI is InChI=1S/C21H22N2O7S/c1-29-20(25)16-9-11-17(12-10-16)31(27,28)22-19(24)18-8-5-13-23(18)21(26)30-14-15-6-3-2-4-7-15/h2-4,6-7,9-12,18H,5,8,13-14H2,1H3,(H,22,24). The second-order valence-electron chi connectivity index (χ2n) is 6.88. The van der Waals surface area contributed by atoms with E-state index in [1.54, 1.807) is 12.1 Å². The first-order chi connectivity index (χ1) is 14.8. The summed E-state index contributed by atoms with van der Waals surface area (Å²) in [5, 5.41) is 0. The number of hydrogen-bond donors (Lipinski definition) is 1. The minimum atomic E-state index is -4.18. The predicted molar refractivity (Wildman–Crippen MR) is 109 cm³/mol. The van der Waals surface area contributed by atoms with Crippen molar-refractivity contribution in [1.29, 1.82) is 0 Å². The van der Waals surface area contributed by atoms with Crippen LogP contribution in [-0.2, 0) is 30.9 Å². The van der Waals surface area contributed by atoms with E-state index in [9.17, 15) is 22.8 Å². The van der Waals surface area contributed by atoms with E-state index in [1.807, 2.05) is 22.9 Å². The summed E-state index contributed by atoms with van der Waals surface area (Å²) in [5.41, 5.74) is 0.977. The lowest BCUT2D eigenvalue weighted by Crippen LogP contribution is -2.47. The van der Waals surface area contributed by atoms with E-state index in [0.717, 1.165) is 5.56 Å². The highest BCUT2D eigenvalue weighted by Gasteiger charge is 2.37.